The highest BCUT2D eigenvalue weighted by Crippen LogP contribution is 2.27. The fourth-order valence-corrected chi connectivity index (χ4v) is 2.66. The van der Waals surface area contributed by atoms with Gasteiger partial charge in [-0.15, -0.1) is 0 Å². The first-order valence-electron chi connectivity index (χ1n) is 6.85. The number of benzene rings is 2. The molecule has 1 aliphatic rings. The first-order chi connectivity index (χ1) is 9.34. The Kier molecular flexibility index (Phi) is 3.67. The number of ether oxygens (including phenoxy) is 1. The van der Waals surface area contributed by atoms with E-state index in [1.807, 2.05) is 18.2 Å². The minimum absolute atomic E-state index is 0.373. The van der Waals surface area contributed by atoms with Crippen LogP contribution in [0.25, 0.3) is 10.8 Å². The number of hydrogen-bond donors (Lipinski definition) is 2. The zero-order valence-electron chi connectivity index (χ0n) is 10.9. The Morgan fingerprint density at radius 1 is 1.11 bits per heavy atom. The van der Waals surface area contributed by atoms with Gasteiger partial charge in [0, 0.05) is 31.4 Å². The minimum atomic E-state index is 0.373. The molecule has 2 aromatic carbocycles. The third kappa shape index (κ3) is 2.72. The largest absolute Gasteiger partial charge is 0.508 e. The lowest BCUT2D eigenvalue weighted by Gasteiger charge is -2.23. The number of phenolic OH excluding ortho intramolecular Hbond substituents is 1. The Morgan fingerprint density at radius 3 is 2.74 bits per heavy atom. The molecule has 1 fully saturated rings. The first kappa shape index (κ1) is 12.5. The fourth-order valence-electron chi connectivity index (χ4n) is 2.66. The lowest BCUT2D eigenvalue weighted by molar-refractivity contribution is 0.0776. The van der Waals surface area contributed by atoms with Gasteiger partial charge in [0.05, 0.1) is 0 Å². The van der Waals surface area contributed by atoms with Gasteiger partial charge in [-0.1, -0.05) is 30.3 Å². The van der Waals surface area contributed by atoms with Crippen molar-refractivity contribution in [3.63, 3.8) is 0 Å². The second kappa shape index (κ2) is 5.59. The van der Waals surface area contributed by atoms with Crippen LogP contribution < -0.4 is 5.32 Å². The maximum atomic E-state index is 10.1. The zero-order valence-corrected chi connectivity index (χ0v) is 10.9. The lowest BCUT2D eigenvalue weighted by Crippen LogP contribution is -2.34. The number of nitrogens with one attached hydrogen (secondary N) is 1. The molecule has 1 aliphatic heterocycles. The summed E-state index contributed by atoms with van der Waals surface area (Å²) in [5, 5.41) is 15.9. The van der Waals surface area contributed by atoms with Crippen molar-refractivity contribution in [3.05, 3.63) is 42.0 Å². The summed E-state index contributed by atoms with van der Waals surface area (Å²) < 4.78 is 5.36. The van der Waals surface area contributed by atoms with E-state index >= 15 is 0 Å². The monoisotopic (exact) mass is 257 g/mol. The van der Waals surface area contributed by atoms with Crippen LogP contribution in [0.2, 0.25) is 0 Å². The highest BCUT2D eigenvalue weighted by atomic mass is 16.5. The molecule has 0 amide bonds. The van der Waals surface area contributed by atoms with Gasteiger partial charge in [-0.25, -0.2) is 0 Å². The van der Waals surface area contributed by atoms with Gasteiger partial charge in [0.2, 0.25) is 0 Å². The lowest BCUT2D eigenvalue weighted by atomic mass is 10.0. The Hall–Kier alpha value is -1.58. The highest BCUT2D eigenvalue weighted by molar-refractivity contribution is 5.87. The molecule has 3 nitrogen and oxygen atoms in total. The van der Waals surface area contributed by atoms with Crippen LogP contribution in [-0.2, 0) is 11.3 Å². The van der Waals surface area contributed by atoms with Gasteiger partial charge in [-0.05, 0) is 29.7 Å². The highest BCUT2D eigenvalue weighted by Gasteiger charge is 2.14. The van der Waals surface area contributed by atoms with E-state index < -0.39 is 0 Å². The second-order valence-corrected chi connectivity index (χ2v) is 5.05. The molecule has 2 aromatic rings. The Labute approximate surface area is 113 Å². The van der Waals surface area contributed by atoms with Crippen molar-refractivity contribution in [1.29, 1.82) is 0 Å². The third-order valence-electron chi connectivity index (χ3n) is 3.80. The van der Waals surface area contributed by atoms with Gasteiger partial charge < -0.3 is 15.2 Å². The van der Waals surface area contributed by atoms with Crippen molar-refractivity contribution in [2.45, 2.75) is 25.4 Å². The van der Waals surface area contributed by atoms with Gasteiger partial charge in [0.1, 0.15) is 5.75 Å². The summed E-state index contributed by atoms with van der Waals surface area (Å²) in [7, 11) is 0. The summed E-state index contributed by atoms with van der Waals surface area (Å²) in [5.74, 6) is 0.373. The molecule has 0 radical (unpaired) electrons. The van der Waals surface area contributed by atoms with Crippen LogP contribution in [0.1, 0.15) is 18.4 Å². The van der Waals surface area contributed by atoms with Crippen LogP contribution in [0.5, 0.6) is 5.75 Å². The third-order valence-corrected chi connectivity index (χ3v) is 3.80. The number of phenols is 1. The Bertz CT molecular complexity index is 562. The summed E-state index contributed by atoms with van der Waals surface area (Å²) >= 11 is 0. The van der Waals surface area contributed by atoms with E-state index in [-0.39, 0.29) is 0 Å². The van der Waals surface area contributed by atoms with E-state index in [1.165, 1.54) is 5.39 Å². The van der Waals surface area contributed by atoms with Gasteiger partial charge >= 0.3 is 0 Å². The summed E-state index contributed by atoms with van der Waals surface area (Å²) in [6.07, 6.45) is 2.09. The normalized spacial score (nSPS) is 16.8. The van der Waals surface area contributed by atoms with Gasteiger partial charge in [-0.3, -0.25) is 0 Å². The van der Waals surface area contributed by atoms with Crippen LogP contribution in [-0.4, -0.2) is 24.4 Å². The summed E-state index contributed by atoms with van der Waals surface area (Å²) in [6.45, 7) is 2.37. The van der Waals surface area contributed by atoms with Crippen molar-refractivity contribution in [1.82, 2.24) is 5.32 Å². The SMILES string of the molecule is Oc1ccc2ccccc2c1CNC1CCOCC1. The number of fused-ring (bicyclic) bond motifs is 1. The molecule has 0 atom stereocenters. The number of rotatable bonds is 3. The predicted octanol–water partition coefficient (Wildman–Crippen LogP) is 2.81. The van der Waals surface area contributed by atoms with Crippen molar-refractivity contribution < 1.29 is 9.84 Å². The molecule has 3 rings (SSSR count). The standard InChI is InChI=1S/C16H19NO2/c18-16-6-5-12-3-1-2-4-14(12)15(16)11-17-13-7-9-19-10-8-13/h1-6,13,17-18H,7-11H2. The van der Waals surface area contributed by atoms with Gasteiger partial charge in [0.15, 0.2) is 0 Å². The van der Waals surface area contributed by atoms with Crippen LogP contribution in [0.15, 0.2) is 36.4 Å². The van der Waals surface area contributed by atoms with Crippen LogP contribution in [0.3, 0.4) is 0 Å². The van der Waals surface area contributed by atoms with E-state index in [0.717, 1.165) is 37.0 Å². The molecule has 0 aromatic heterocycles. The topological polar surface area (TPSA) is 41.5 Å². The molecule has 1 saturated heterocycles. The molecule has 0 aliphatic carbocycles. The van der Waals surface area contributed by atoms with E-state index in [4.69, 9.17) is 4.74 Å². The maximum Gasteiger partial charge on any atom is 0.120 e. The Balaban J connectivity index is 1.81. The van der Waals surface area contributed by atoms with Gasteiger partial charge in [-0.2, -0.15) is 0 Å². The molecule has 0 unspecified atom stereocenters. The number of aromatic hydroxyl groups is 1. The van der Waals surface area contributed by atoms with Crippen molar-refractivity contribution >= 4 is 10.8 Å². The minimum Gasteiger partial charge on any atom is -0.508 e. The second-order valence-electron chi connectivity index (χ2n) is 5.05. The van der Waals surface area contributed by atoms with E-state index in [9.17, 15) is 5.11 Å². The maximum absolute atomic E-state index is 10.1. The van der Waals surface area contributed by atoms with Crippen LogP contribution >= 0.6 is 0 Å². The molecule has 0 spiro atoms. The molecule has 2 N–H and O–H groups in total. The smallest absolute Gasteiger partial charge is 0.120 e. The average Bonchev–Trinajstić information content (AvgIpc) is 2.47. The molecule has 1 heterocycles. The predicted molar refractivity (Wildman–Crippen MR) is 76.3 cm³/mol. The summed E-state index contributed by atoms with van der Waals surface area (Å²) in [5.41, 5.74) is 0.990. The quantitative estimate of drug-likeness (QED) is 0.888. The molecular formula is C16H19NO2. The number of hydrogen-bond acceptors (Lipinski definition) is 3. The van der Waals surface area contributed by atoms with Gasteiger partial charge in [0.25, 0.3) is 0 Å². The summed E-state index contributed by atoms with van der Waals surface area (Å²) in [4.78, 5) is 0. The molecule has 19 heavy (non-hydrogen) atoms. The van der Waals surface area contributed by atoms with E-state index in [2.05, 4.69) is 17.4 Å². The average molecular weight is 257 g/mol. The van der Waals surface area contributed by atoms with Crippen molar-refractivity contribution in [3.8, 4) is 5.75 Å². The van der Waals surface area contributed by atoms with E-state index in [0.29, 0.717) is 18.3 Å². The molecule has 3 heteroatoms. The zero-order chi connectivity index (χ0) is 13.1. The van der Waals surface area contributed by atoms with Crippen molar-refractivity contribution in [2.75, 3.05) is 13.2 Å². The van der Waals surface area contributed by atoms with Crippen LogP contribution in [0.4, 0.5) is 0 Å². The molecular weight excluding hydrogens is 238 g/mol. The summed E-state index contributed by atoms with van der Waals surface area (Å²) in [6, 6.07) is 12.4. The van der Waals surface area contributed by atoms with Crippen LogP contribution in [0, 0.1) is 0 Å². The Morgan fingerprint density at radius 2 is 1.89 bits per heavy atom. The fraction of sp³-hybridized carbons (Fsp3) is 0.375. The molecule has 0 saturated carbocycles. The molecule has 0 bridgehead atoms. The van der Waals surface area contributed by atoms with Crippen molar-refractivity contribution in [2.24, 2.45) is 0 Å². The molecule has 100 valence electrons. The van der Waals surface area contributed by atoms with E-state index in [1.54, 1.807) is 6.07 Å². The first-order valence-corrected chi connectivity index (χ1v) is 6.85.